The largest absolute Gasteiger partial charge is 0.308 e. The number of fused-ring (bicyclic) bond motifs is 1. The third-order valence-electron chi connectivity index (χ3n) is 2.66. The lowest BCUT2D eigenvalue weighted by molar-refractivity contribution is 0.621. The van der Waals surface area contributed by atoms with Crippen LogP contribution in [0.25, 0.3) is 21.3 Å². The Morgan fingerprint density at radius 3 is 2.89 bits per heavy atom. The number of hydrogen-bond acceptors (Lipinski definition) is 2. The molecule has 1 heterocycles. The normalized spacial score (nSPS) is 10.3. The third kappa shape index (κ3) is 2.49. The summed E-state index contributed by atoms with van der Waals surface area (Å²) in [4.78, 5) is 14.4. The highest BCUT2D eigenvalue weighted by Crippen LogP contribution is 2.13. The van der Waals surface area contributed by atoms with Gasteiger partial charge in [0.2, 0.25) is 0 Å². The maximum atomic E-state index is 13.2. The van der Waals surface area contributed by atoms with Crippen molar-refractivity contribution in [1.29, 1.82) is 0 Å². The van der Waals surface area contributed by atoms with E-state index < -0.39 is 0 Å². The lowest BCUT2D eigenvalue weighted by atomic mass is 10.2. The van der Waals surface area contributed by atoms with E-state index in [4.69, 9.17) is 5.53 Å². The quantitative estimate of drug-likeness (QED) is 0.354. The van der Waals surface area contributed by atoms with E-state index in [1.807, 2.05) is 0 Å². The van der Waals surface area contributed by atoms with Crippen LogP contribution in [0.2, 0.25) is 0 Å². The Morgan fingerprint density at radius 1 is 1.33 bits per heavy atom. The number of aromatic nitrogens is 1. The molecule has 0 unspecified atom stereocenters. The molecule has 2 rings (SSSR count). The number of halogens is 1. The van der Waals surface area contributed by atoms with Gasteiger partial charge in [-0.25, -0.2) is 4.39 Å². The average molecular weight is 246 g/mol. The topological polar surface area (TPSA) is 70.8 Å². The highest BCUT2D eigenvalue weighted by Gasteiger charge is 2.03. The van der Waals surface area contributed by atoms with Gasteiger partial charge in [-0.2, -0.15) is 0 Å². The molecule has 0 saturated carbocycles. The molecule has 0 saturated heterocycles. The number of azide groups is 1. The molecular formula is C12H11FN4O. The van der Waals surface area contributed by atoms with Gasteiger partial charge < -0.3 is 4.57 Å². The van der Waals surface area contributed by atoms with Gasteiger partial charge in [-0.05, 0) is 41.6 Å². The SMILES string of the molecule is [N-]=[N+]=NCCCn1c(=O)ccc2ccc(F)cc21. The molecule has 0 radical (unpaired) electrons. The molecule has 0 bridgehead atoms. The lowest BCUT2D eigenvalue weighted by Gasteiger charge is -2.09. The zero-order valence-corrected chi connectivity index (χ0v) is 9.58. The van der Waals surface area contributed by atoms with E-state index in [9.17, 15) is 9.18 Å². The van der Waals surface area contributed by atoms with Crippen LogP contribution in [-0.4, -0.2) is 11.1 Å². The van der Waals surface area contributed by atoms with Gasteiger partial charge in [-0.3, -0.25) is 4.79 Å². The van der Waals surface area contributed by atoms with Crippen LogP contribution in [0.1, 0.15) is 6.42 Å². The zero-order chi connectivity index (χ0) is 13.0. The van der Waals surface area contributed by atoms with Gasteiger partial charge in [0.05, 0.1) is 5.52 Å². The molecule has 0 amide bonds. The van der Waals surface area contributed by atoms with Crippen LogP contribution in [0.3, 0.4) is 0 Å². The van der Waals surface area contributed by atoms with Crippen LogP contribution in [0.4, 0.5) is 4.39 Å². The van der Waals surface area contributed by atoms with Gasteiger partial charge in [0.1, 0.15) is 5.82 Å². The van der Waals surface area contributed by atoms with Crippen LogP contribution in [0.5, 0.6) is 0 Å². The van der Waals surface area contributed by atoms with E-state index in [2.05, 4.69) is 10.0 Å². The van der Waals surface area contributed by atoms with Gasteiger partial charge >= 0.3 is 0 Å². The van der Waals surface area contributed by atoms with Crippen LogP contribution < -0.4 is 5.56 Å². The summed E-state index contributed by atoms with van der Waals surface area (Å²) >= 11 is 0. The van der Waals surface area contributed by atoms with Crippen molar-refractivity contribution in [2.24, 2.45) is 5.11 Å². The summed E-state index contributed by atoms with van der Waals surface area (Å²) in [5.74, 6) is -0.378. The van der Waals surface area contributed by atoms with Crippen molar-refractivity contribution in [3.8, 4) is 0 Å². The molecule has 0 aliphatic heterocycles. The second-order valence-electron chi connectivity index (χ2n) is 3.83. The van der Waals surface area contributed by atoms with Crippen molar-refractivity contribution >= 4 is 10.9 Å². The van der Waals surface area contributed by atoms with Crippen molar-refractivity contribution in [3.63, 3.8) is 0 Å². The highest BCUT2D eigenvalue weighted by atomic mass is 19.1. The minimum Gasteiger partial charge on any atom is -0.308 e. The molecule has 92 valence electrons. The van der Waals surface area contributed by atoms with E-state index >= 15 is 0 Å². The maximum Gasteiger partial charge on any atom is 0.251 e. The Hall–Kier alpha value is -2.33. The summed E-state index contributed by atoms with van der Waals surface area (Å²) in [7, 11) is 0. The first-order valence-corrected chi connectivity index (χ1v) is 5.52. The zero-order valence-electron chi connectivity index (χ0n) is 9.58. The first kappa shape index (κ1) is 12.1. The van der Waals surface area contributed by atoms with E-state index in [-0.39, 0.29) is 11.4 Å². The molecule has 0 N–H and O–H groups in total. The van der Waals surface area contributed by atoms with Crippen molar-refractivity contribution in [2.75, 3.05) is 6.54 Å². The molecule has 1 aromatic carbocycles. The molecule has 5 nitrogen and oxygen atoms in total. The molecule has 0 spiro atoms. The van der Waals surface area contributed by atoms with Gasteiger partial charge in [0, 0.05) is 24.1 Å². The predicted molar refractivity (Wildman–Crippen MR) is 66.8 cm³/mol. The first-order chi connectivity index (χ1) is 8.72. The summed E-state index contributed by atoms with van der Waals surface area (Å²) in [6.45, 7) is 0.716. The fourth-order valence-corrected chi connectivity index (χ4v) is 1.84. The molecule has 18 heavy (non-hydrogen) atoms. The predicted octanol–water partition coefficient (Wildman–Crippen LogP) is 2.84. The number of nitrogens with zero attached hydrogens (tertiary/aromatic N) is 4. The summed E-state index contributed by atoms with van der Waals surface area (Å²) in [5.41, 5.74) is 8.54. The Kier molecular flexibility index (Phi) is 3.60. The monoisotopic (exact) mass is 246 g/mol. The molecule has 0 aliphatic rings. The Labute approximate surface area is 102 Å². The van der Waals surface area contributed by atoms with Crippen molar-refractivity contribution in [1.82, 2.24) is 4.57 Å². The number of hydrogen-bond donors (Lipinski definition) is 0. The first-order valence-electron chi connectivity index (χ1n) is 5.52. The second kappa shape index (κ2) is 5.33. The number of rotatable bonds is 4. The number of benzene rings is 1. The summed E-state index contributed by atoms with van der Waals surface area (Å²) in [6.07, 6.45) is 0.541. The van der Waals surface area contributed by atoms with Gasteiger partial charge in [0.15, 0.2) is 0 Å². The van der Waals surface area contributed by atoms with Crippen molar-refractivity contribution in [3.05, 3.63) is 56.9 Å². The van der Waals surface area contributed by atoms with E-state index in [0.29, 0.717) is 25.0 Å². The number of aryl methyl sites for hydroxylation is 1. The lowest BCUT2D eigenvalue weighted by Crippen LogP contribution is -2.19. The molecule has 1 aromatic heterocycles. The minimum atomic E-state index is -0.378. The van der Waals surface area contributed by atoms with Crippen LogP contribution in [0, 0.1) is 5.82 Å². The van der Waals surface area contributed by atoms with E-state index in [1.165, 1.54) is 22.8 Å². The van der Waals surface area contributed by atoms with E-state index in [1.54, 1.807) is 12.1 Å². The minimum absolute atomic E-state index is 0.186. The van der Waals surface area contributed by atoms with Crippen molar-refractivity contribution < 1.29 is 4.39 Å². The fourth-order valence-electron chi connectivity index (χ4n) is 1.84. The van der Waals surface area contributed by atoms with Crippen LogP contribution in [-0.2, 0) is 6.54 Å². The van der Waals surface area contributed by atoms with Crippen molar-refractivity contribution in [2.45, 2.75) is 13.0 Å². The fraction of sp³-hybridized carbons (Fsp3) is 0.250. The average Bonchev–Trinajstić information content (AvgIpc) is 2.36. The maximum absolute atomic E-state index is 13.2. The van der Waals surface area contributed by atoms with E-state index in [0.717, 1.165) is 5.39 Å². The summed E-state index contributed by atoms with van der Waals surface area (Å²) in [5, 5.41) is 4.21. The molecule has 0 aliphatic carbocycles. The molecule has 6 heteroatoms. The smallest absolute Gasteiger partial charge is 0.251 e. The molecule has 2 aromatic rings. The Bertz CT molecular complexity index is 673. The summed E-state index contributed by atoms with van der Waals surface area (Å²) in [6, 6.07) is 7.45. The summed E-state index contributed by atoms with van der Waals surface area (Å²) < 4.78 is 14.7. The number of pyridine rings is 1. The Morgan fingerprint density at radius 2 is 2.11 bits per heavy atom. The highest BCUT2D eigenvalue weighted by molar-refractivity contribution is 5.78. The van der Waals surface area contributed by atoms with Gasteiger partial charge in [0.25, 0.3) is 5.56 Å². The second-order valence-corrected chi connectivity index (χ2v) is 3.83. The molecule has 0 fully saturated rings. The standard InChI is InChI=1S/C12H11FN4O/c13-10-4-2-9-3-5-12(18)17(11(9)8-10)7-1-6-15-16-14/h2-5,8H,1,6-7H2. The molecule has 0 atom stereocenters. The van der Waals surface area contributed by atoms with Crippen LogP contribution >= 0.6 is 0 Å². The molecular weight excluding hydrogens is 235 g/mol. The van der Waals surface area contributed by atoms with Gasteiger partial charge in [-0.15, -0.1) is 0 Å². The van der Waals surface area contributed by atoms with Gasteiger partial charge in [-0.1, -0.05) is 5.11 Å². The van der Waals surface area contributed by atoms with Crippen LogP contribution in [0.15, 0.2) is 40.2 Å². The Balaban J connectivity index is 2.40. The third-order valence-corrected chi connectivity index (χ3v) is 2.66.